The maximum absolute atomic E-state index is 5.90. The number of pyridine rings is 1. The molecule has 0 N–H and O–H groups in total. The molecule has 0 saturated carbocycles. The molecule has 124 valence electrons. The lowest BCUT2D eigenvalue weighted by atomic mass is 10.2. The van der Waals surface area contributed by atoms with Crippen LogP contribution >= 0.6 is 0 Å². The van der Waals surface area contributed by atoms with Crippen molar-refractivity contribution in [2.24, 2.45) is 0 Å². The second-order valence-corrected chi connectivity index (χ2v) is 5.95. The van der Waals surface area contributed by atoms with Gasteiger partial charge in [-0.25, -0.2) is 4.68 Å². The van der Waals surface area contributed by atoms with E-state index in [0.29, 0.717) is 17.5 Å². The average Bonchev–Trinajstić information content (AvgIpc) is 3.26. The van der Waals surface area contributed by atoms with E-state index in [1.165, 1.54) is 0 Å². The van der Waals surface area contributed by atoms with Gasteiger partial charge in [-0.1, -0.05) is 0 Å². The Labute approximate surface area is 139 Å². The molecule has 1 aliphatic heterocycles. The summed E-state index contributed by atoms with van der Waals surface area (Å²) in [7, 11) is 2.05. The molecule has 1 aliphatic rings. The molecule has 4 heterocycles. The van der Waals surface area contributed by atoms with Gasteiger partial charge < -0.3 is 14.1 Å². The van der Waals surface area contributed by atoms with Crippen molar-refractivity contribution in [3.63, 3.8) is 0 Å². The van der Waals surface area contributed by atoms with Crippen LogP contribution in [0.4, 0.5) is 0 Å². The van der Waals surface area contributed by atoms with Crippen LogP contribution in [0.15, 0.2) is 41.2 Å². The molecule has 4 rings (SSSR count). The Morgan fingerprint density at radius 2 is 2.12 bits per heavy atom. The van der Waals surface area contributed by atoms with E-state index in [4.69, 9.17) is 9.15 Å². The van der Waals surface area contributed by atoms with Crippen LogP contribution in [0.3, 0.4) is 0 Å². The van der Waals surface area contributed by atoms with E-state index >= 15 is 0 Å². The first-order chi connectivity index (χ1) is 11.7. The quantitative estimate of drug-likeness (QED) is 0.724. The first-order valence-corrected chi connectivity index (χ1v) is 7.83. The third-order valence-electron chi connectivity index (χ3n) is 3.89. The van der Waals surface area contributed by atoms with Gasteiger partial charge in [-0.05, 0) is 32.2 Å². The van der Waals surface area contributed by atoms with Gasteiger partial charge in [-0.2, -0.15) is 5.10 Å². The second-order valence-electron chi connectivity index (χ2n) is 5.95. The normalized spacial score (nSPS) is 21.9. The van der Waals surface area contributed by atoms with Crippen LogP contribution in [0.5, 0.6) is 0 Å². The van der Waals surface area contributed by atoms with Crippen LogP contribution in [-0.4, -0.2) is 56.1 Å². The maximum atomic E-state index is 5.90. The predicted octanol–water partition coefficient (Wildman–Crippen LogP) is 1.71. The minimum absolute atomic E-state index is 0.130. The molecule has 3 aromatic heterocycles. The molecule has 24 heavy (non-hydrogen) atoms. The highest BCUT2D eigenvalue weighted by Gasteiger charge is 2.28. The SMILES string of the molecule is C[C@@H]1CN(C)C[C@H](c2nnc(-c3cc(-n4cccn4)ccn3)o2)O1. The maximum Gasteiger partial charge on any atom is 0.266 e. The van der Waals surface area contributed by atoms with Gasteiger partial charge in [0.05, 0.1) is 11.8 Å². The summed E-state index contributed by atoms with van der Waals surface area (Å²) in [4.78, 5) is 6.51. The zero-order valence-corrected chi connectivity index (χ0v) is 13.5. The highest BCUT2D eigenvalue weighted by molar-refractivity contribution is 5.51. The summed E-state index contributed by atoms with van der Waals surface area (Å²) in [6, 6.07) is 5.60. The minimum atomic E-state index is -0.214. The molecule has 0 aliphatic carbocycles. The Morgan fingerprint density at radius 3 is 2.92 bits per heavy atom. The third-order valence-corrected chi connectivity index (χ3v) is 3.89. The summed E-state index contributed by atoms with van der Waals surface area (Å²) in [5, 5.41) is 12.5. The van der Waals surface area contributed by atoms with Crippen molar-refractivity contribution in [2.45, 2.75) is 19.1 Å². The van der Waals surface area contributed by atoms with Crippen LogP contribution in [0.1, 0.15) is 18.9 Å². The smallest absolute Gasteiger partial charge is 0.266 e. The van der Waals surface area contributed by atoms with E-state index in [1.807, 2.05) is 31.3 Å². The van der Waals surface area contributed by atoms with Crippen LogP contribution in [0, 0.1) is 0 Å². The van der Waals surface area contributed by atoms with E-state index in [0.717, 1.165) is 18.8 Å². The number of likely N-dealkylation sites (N-methyl/N-ethyl adjacent to an activating group) is 1. The molecule has 0 spiro atoms. The molecule has 8 heteroatoms. The summed E-state index contributed by atoms with van der Waals surface area (Å²) in [6.45, 7) is 3.66. The van der Waals surface area contributed by atoms with Crippen molar-refractivity contribution in [3.8, 4) is 17.3 Å². The first kappa shape index (κ1) is 15.0. The fraction of sp³-hybridized carbons (Fsp3) is 0.375. The number of nitrogens with zero attached hydrogens (tertiary/aromatic N) is 6. The van der Waals surface area contributed by atoms with Crippen LogP contribution in [0.2, 0.25) is 0 Å². The molecule has 3 aromatic rings. The molecule has 1 fully saturated rings. The molecule has 8 nitrogen and oxygen atoms in total. The average molecular weight is 326 g/mol. The number of aromatic nitrogens is 5. The summed E-state index contributed by atoms with van der Waals surface area (Å²) in [5.41, 5.74) is 1.49. The molecular formula is C16H18N6O2. The Hall–Kier alpha value is -2.58. The highest BCUT2D eigenvalue weighted by atomic mass is 16.5. The zero-order chi connectivity index (χ0) is 16.5. The van der Waals surface area contributed by atoms with Gasteiger partial charge >= 0.3 is 0 Å². The van der Waals surface area contributed by atoms with Gasteiger partial charge in [0.25, 0.3) is 5.89 Å². The number of morpholine rings is 1. The van der Waals surface area contributed by atoms with Gasteiger partial charge in [-0.15, -0.1) is 10.2 Å². The van der Waals surface area contributed by atoms with Crippen LogP contribution in [-0.2, 0) is 4.74 Å². The van der Waals surface area contributed by atoms with Gasteiger partial charge in [0.1, 0.15) is 11.8 Å². The Balaban J connectivity index is 1.60. The second kappa shape index (κ2) is 6.14. The van der Waals surface area contributed by atoms with E-state index < -0.39 is 0 Å². The van der Waals surface area contributed by atoms with E-state index in [-0.39, 0.29) is 12.2 Å². The zero-order valence-electron chi connectivity index (χ0n) is 13.5. The van der Waals surface area contributed by atoms with Gasteiger partial charge in [0.15, 0.2) is 0 Å². The lowest BCUT2D eigenvalue weighted by Crippen LogP contribution is -2.40. The van der Waals surface area contributed by atoms with Crippen LogP contribution in [0.25, 0.3) is 17.3 Å². The van der Waals surface area contributed by atoms with Crippen molar-refractivity contribution in [1.29, 1.82) is 0 Å². The molecule has 0 amide bonds. The van der Waals surface area contributed by atoms with E-state index in [2.05, 4.69) is 32.2 Å². The molecule has 1 saturated heterocycles. The first-order valence-electron chi connectivity index (χ1n) is 7.83. The molecule has 0 radical (unpaired) electrons. The van der Waals surface area contributed by atoms with E-state index in [9.17, 15) is 0 Å². The Kier molecular flexibility index (Phi) is 3.83. The number of rotatable bonds is 3. The highest BCUT2D eigenvalue weighted by Crippen LogP contribution is 2.26. The van der Waals surface area contributed by atoms with Crippen molar-refractivity contribution in [3.05, 3.63) is 42.7 Å². The van der Waals surface area contributed by atoms with Crippen molar-refractivity contribution < 1.29 is 9.15 Å². The fourth-order valence-electron chi connectivity index (χ4n) is 2.87. The van der Waals surface area contributed by atoms with Gasteiger partial charge in [0, 0.05) is 31.7 Å². The predicted molar refractivity (Wildman–Crippen MR) is 85.4 cm³/mol. The summed E-state index contributed by atoms with van der Waals surface area (Å²) in [6.07, 6.45) is 5.21. The van der Waals surface area contributed by atoms with Crippen LogP contribution < -0.4 is 0 Å². The topological polar surface area (TPSA) is 82.1 Å². The minimum Gasteiger partial charge on any atom is -0.416 e. The van der Waals surface area contributed by atoms with Crippen molar-refractivity contribution in [2.75, 3.05) is 20.1 Å². The summed E-state index contributed by atoms with van der Waals surface area (Å²) < 4.78 is 13.5. The lowest BCUT2D eigenvalue weighted by Gasteiger charge is -2.32. The molecule has 2 atom stereocenters. The monoisotopic (exact) mass is 326 g/mol. The number of hydrogen-bond donors (Lipinski definition) is 0. The number of ether oxygens (including phenoxy) is 1. The largest absolute Gasteiger partial charge is 0.416 e. The third kappa shape index (κ3) is 2.93. The lowest BCUT2D eigenvalue weighted by molar-refractivity contribution is -0.0821. The Morgan fingerprint density at radius 1 is 1.21 bits per heavy atom. The summed E-state index contributed by atoms with van der Waals surface area (Å²) >= 11 is 0. The van der Waals surface area contributed by atoms with Crippen molar-refractivity contribution in [1.82, 2.24) is 29.9 Å². The van der Waals surface area contributed by atoms with Crippen molar-refractivity contribution >= 4 is 0 Å². The molecule has 0 bridgehead atoms. The van der Waals surface area contributed by atoms with E-state index in [1.54, 1.807) is 17.1 Å². The van der Waals surface area contributed by atoms with Gasteiger partial charge in [0.2, 0.25) is 5.89 Å². The summed E-state index contributed by atoms with van der Waals surface area (Å²) in [5.74, 6) is 0.859. The molecule has 0 unspecified atom stereocenters. The molecular weight excluding hydrogens is 308 g/mol. The Bertz CT molecular complexity index is 806. The molecule has 0 aromatic carbocycles. The van der Waals surface area contributed by atoms with Gasteiger partial charge in [-0.3, -0.25) is 4.98 Å². The number of hydrogen-bond acceptors (Lipinski definition) is 7. The standard InChI is InChI=1S/C16H18N6O2/c1-11-9-21(2)10-14(23-11)16-20-19-15(24-16)13-8-12(4-6-17-13)22-7-3-5-18-22/h3-8,11,14H,9-10H2,1-2H3/t11-,14-/m1/s1. The fourth-order valence-corrected chi connectivity index (χ4v) is 2.87.